The van der Waals surface area contributed by atoms with Crippen molar-refractivity contribution in [1.29, 1.82) is 0 Å². The highest BCUT2D eigenvalue weighted by Gasteiger charge is 2.30. The van der Waals surface area contributed by atoms with Crippen LogP contribution in [0.15, 0.2) is 42.6 Å². The summed E-state index contributed by atoms with van der Waals surface area (Å²) in [7, 11) is 0. The van der Waals surface area contributed by atoms with Gasteiger partial charge in [-0.3, -0.25) is 9.20 Å². The third kappa shape index (κ3) is 3.35. The Kier molecular flexibility index (Phi) is 4.48. The second-order valence-corrected chi connectivity index (χ2v) is 7.58. The fourth-order valence-electron chi connectivity index (χ4n) is 3.76. The van der Waals surface area contributed by atoms with Gasteiger partial charge in [0, 0.05) is 24.8 Å². The first-order valence-electron chi connectivity index (χ1n) is 9.43. The van der Waals surface area contributed by atoms with Gasteiger partial charge in [0.2, 0.25) is 0 Å². The van der Waals surface area contributed by atoms with E-state index in [1.807, 2.05) is 60.5 Å². The van der Waals surface area contributed by atoms with Crippen LogP contribution in [0.25, 0.3) is 16.9 Å². The number of carbonyl (C=O) groups is 1. The van der Waals surface area contributed by atoms with E-state index in [0.717, 1.165) is 22.5 Å². The number of benzene rings is 1. The van der Waals surface area contributed by atoms with Crippen LogP contribution >= 0.6 is 0 Å². The number of hydrogen-bond donors (Lipinski definition) is 0. The summed E-state index contributed by atoms with van der Waals surface area (Å²) in [6.07, 6.45) is 2.04. The van der Waals surface area contributed by atoms with Gasteiger partial charge in [0.05, 0.1) is 12.2 Å². The van der Waals surface area contributed by atoms with Gasteiger partial charge in [-0.1, -0.05) is 35.9 Å². The number of morpholine rings is 1. The number of amides is 1. The summed E-state index contributed by atoms with van der Waals surface area (Å²) in [6, 6.07) is 12.2. The third-order valence-electron chi connectivity index (χ3n) is 5.00. The molecule has 5 nitrogen and oxygen atoms in total. The van der Waals surface area contributed by atoms with Crippen LogP contribution in [0, 0.1) is 13.8 Å². The lowest BCUT2D eigenvalue weighted by atomic mass is 10.1. The Labute approximate surface area is 159 Å². The molecule has 0 radical (unpaired) electrons. The molecule has 3 heterocycles. The van der Waals surface area contributed by atoms with Crippen molar-refractivity contribution in [1.82, 2.24) is 14.3 Å². The lowest BCUT2D eigenvalue weighted by Crippen LogP contribution is -2.48. The van der Waals surface area contributed by atoms with E-state index in [-0.39, 0.29) is 18.1 Å². The van der Waals surface area contributed by atoms with Gasteiger partial charge in [-0.2, -0.15) is 0 Å². The summed E-state index contributed by atoms with van der Waals surface area (Å²) in [5.41, 5.74) is 5.37. The maximum absolute atomic E-state index is 13.5. The molecule has 0 aliphatic carbocycles. The maximum atomic E-state index is 13.5. The first-order chi connectivity index (χ1) is 12.9. The van der Waals surface area contributed by atoms with Crippen LogP contribution in [0.3, 0.4) is 0 Å². The monoisotopic (exact) mass is 363 g/mol. The predicted octanol–water partition coefficient (Wildman–Crippen LogP) is 3.87. The minimum atomic E-state index is 0.00525. The number of carbonyl (C=O) groups excluding carboxylic acids is 1. The molecule has 1 saturated heterocycles. The molecule has 140 valence electrons. The van der Waals surface area contributed by atoms with Crippen LogP contribution in [0.1, 0.15) is 35.5 Å². The Hall–Kier alpha value is -2.66. The second kappa shape index (κ2) is 6.82. The summed E-state index contributed by atoms with van der Waals surface area (Å²) in [5.74, 6) is 0.00525. The normalized spacial score (nSPS) is 20.2. The zero-order valence-electron chi connectivity index (χ0n) is 16.3. The number of hydrogen-bond acceptors (Lipinski definition) is 3. The van der Waals surface area contributed by atoms with Crippen molar-refractivity contribution in [2.45, 2.75) is 39.9 Å². The van der Waals surface area contributed by atoms with Crippen LogP contribution in [0.2, 0.25) is 0 Å². The number of aromatic nitrogens is 2. The molecule has 1 aliphatic heterocycles. The van der Waals surface area contributed by atoms with Crippen molar-refractivity contribution in [3.63, 3.8) is 0 Å². The average molecular weight is 363 g/mol. The molecule has 0 spiro atoms. The topological polar surface area (TPSA) is 46.8 Å². The molecular formula is C22H25N3O2. The summed E-state index contributed by atoms with van der Waals surface area (Å²) < 4.78 is 7.73. The van der Waals surface area contributed by atoms with Gasteiger partial charge >= 0.3 is 0 Å². The fraction of sp³-hybridized carbons (Fsp3) is 0.364. The number of pyridine rings is 1. The van der Waals surface area contributed by atoms with Gasteiger partial charge < -0.3 is 9.64 Å². The van der Waals surface area contributed by atoms with Gasteiger partial charge in [-0.15, -0.1) is 0 Å². The largest absolute Gasteiger partial charge is 0.372 e. The van der Waals surface area contributed by atoms with Crippen LogP contribution in [0.4, 0.5) is 0 Å². The van der Waals surface area contributed by atoms with Crippen LogP contribution in [-0.2, 0) is 4.74 Å². The van der Waals surface area contributed by atoms with Crippen molar-refractivity contribution in [3.05, 3.63) is 59.4 Å². The van der Waals surface area contributed by atoms with E-state index in [0.29, 0.717) is 18.8 Å². The van der Waals surface area contributed by atoms with Crippen LogP contribution in [-0.4, -0.2) is 45.5 Å². The molecular weight excluding hydrogens is 338 g/mol. The molecule has 2 unspecified atom stereocenters. The molecule has 1 aliphatic rings. The van der Waals surface area contributed by atoms with E-state index in [4.69, 9.17) is 9.72 Å². The van der Waals surface area contributed by atoms with Crippen molar-refractivity contribution >= 4 is 11.6 Å². The van der Waals surface area contributed by atoms with Gasteiger partial charge in [0.15, 0.2) is 0 Å². The first kappa shape index (κ1) is 17.7. The van der Waals surface area contributed by atoms with Gasteiger partial charge in [-0.25, -0.2) is 4.98 Å². The van der Waals surface area contributed by atoms with E-state index in [1.165, 1.54) is 5.56 Å². The SMILES string of the molecule is Cc1ccc(-c2nc3ccc(C)cn3c2C(=O)N2CC(C)OC(C)C2)cc1. The molecule has 4 rings (SSSR count). The first-order valence-corrected chi connectivity index (χ1v) is 9.43. The van der Waals surface area contributed by atoms with E-state index in [1.54, 1.807) is 0 Å². The quantitative estimate of drug-likeness (QED) is 0.694. The highest BCUT2D eigenvalue weighted by Crippen LogP contribution is 2.27. The van der Waals surface area contributed by atoms with E-state index < -0.39 is 0 Å². The smallest absolute Gasteiger partial charge is 0.273 e. The lowest BCUT2D eigenvalue weighted by molar-refractivity contribution is -0.0587. The van der Waals surface area contributed by atoms with E-state index in [2.05, 4.69) is 19.1 Å². The van der Waals surface area contributed by atoms with Crippen LogP contribution in [0.5, 0.6) is 0 Å². The average Bonchev–Trinajstić information content (AvgIpc) is 2.99. The van der Waals surface area contributed by atoms with Gasteiger partial charge in [0.25, 0.3) is 5.91 Å². The van der Waals surface area contributed by atoms with Crippen molar-refractivity contribution in [2.24, 2.45) is 0 Å². The molecule has 0 saturated carbocycles. The summed E-state index contributed by atoms with van der Waals surface area (Å²) in [5, 5.41) is 0. The second-order valence-electron chi connectivity index (χ2n) is 7.58. The minimum absolute atomic E-state index is 0.00525. The van der Waals surface area contributed by atoms with Crippen molar-refractivity contribution in [2.75, 3.05) is 13.1 Å². The highest BCUT2D eigenvalue weighted by molar-refractivity contribution is 5.99. The zero-order chi connectivity index (χ0) is 19.1. The number of ether oxygens (including phenoxy) is 1. The summed E-state index contributed by atoms with van der Waals surface area (Å²) >= 11 is 0. The number of imidazole rings is 1. The molecule has 0 bridgehead atoms. The molecule has 2 atom stereocenters. The standard InChI is InChI=1S/C22H25N3O2/c1-14-5-8-18(9-6-14)20-21(25-11-15(2)7-10-19(25)23-20)22(26)24-12-16(3)27-17(4)13-24/h5-11,16-17H,12-13H2,1-4H3. The highest BCUT2D eigenvalue weighted by atomic mass is 16.5. The van der Waals surface area contributed by atoms with E-state index in [9.17, 15) is 4.79 Å². The number of fused-ring (bicyclic) bond motifs is 1. The Morgan fingerprint density at radius 3 is 2.30 bits per heavy atom. The molecule has 27 heavy (non-hydrogen) atoms. The van der Waals surface area contributed by atoms with Gasteiger partial charge in [0.1, 0.15) is 17.0 Å². The minimum Gasteiger partial charge on any atom is -0.372 e. The van der Waals surface area contributed by atoms with E-state index >= 15 is 0 Å². The van der Waals surface area contributed by atoms with Crippen molar-refractivity contribution < 1.29 is 9.53 Å². The molecule has 2 aromatic heterocycles. The number of aryl methyl sites for hydroxylation is 2. The molecule has 3 aromatic rings. The van der Waals surface area contributed by atoms with Gasteiger partial charge in [-0.05, 0) is 39.3 Å². The lowest BCUT2D eigenvalue weighted by Gasteiger charge is -2.35. The Bertz CT molecular complexity index is 981. The fourth-order valence-corrected chi connectivity index (χ4v) is 3.76. The molecule has 1 aromatic carbocycles. The zero-order valence-corrected chi connectivity index (χ0v) is 16.3. The molecule has 1 amide bonds. The Balaban J connectivity index is 1.86. The Morgan fingerprint density at radius 2 is 1.63 bits per heavy atom. The summed E-state index contributed by atoms with van der Waals surface area (Å²) in [4.78, 5) is 20.2. The third-order valence-corrected chi connectivity index (χ3v) is 5.00. The maximum Gasteiger partial charge on any atom is 0.273 e. The number of nitrogens with zero attached hydrogens (tertiary/aromatic N) is 3. The molecule has 0 N–H and O–H groups in total. The van der Waals surface area contributed by atoms with Crippen molar-refractivity contribution in [3.8, 4) is 11.3 Å². The number of rotatable bonds is 2. The van der Waals surface area contributed by atoms with Crippen LogP contribution < -0.4 is 0 Å². The molecule has 1 fully saturated rings. The molecule has 5 heteroatoms. The predicted molar refractivity (Wildman–Crippen MR) is 106 cm³/mol. The summed E-state index contributed by atoms with van der Waals surface area (Å²) in [6.45, 7) is 9.29. The Morgan fingerprint density at radius 1 is 1.00 bits per heavy atom.